The topological polar surface area (TPSA) is 29.5 Å². The summed E-state index contributed by atoms with van der Waals surface area (Å²) in [5, 5.41) is 10.2. The Bertz CT molecular complexity index is 558. The summed E-state index contributed by atoms with van der Waals surface area (Å²) in [6.45, 7) is 7.42. The summed E-state index contributed by atoms with van der Waals surface area (Å²) < 4.78 is 5.97. The lowest BCUT2D eigenvalue weighted by Crippen LogP contribution is -2.48. The maximum Gasteiger partial charge on any atom is 0.327 e. The van der Waals surface area contributed by atoms with E-state index in [1.165, 1.54) is 23.9 Å². The molecule has 1 N–H and O–H groups in total. The van der Waals surface area contributed by atoms with E-state index in [1.807, 2.05) is 21.3 Å². The van der Waals surface area contributed by atoms with Gasteiger partial charge in [0.15, 0.2) is 0 Å². The third kappa shape index (κ3) is 2.58. The summed E-state index contributed by atoms with van der Waals surface area (Å²) in [7, 11) is 1.86. The fourth-order valence-corrected chi connectivity index (χ4v) is 2.99. The third-order valence-corrected chi connectivity index (χ3v) is 5.30. The first-order chi connectivity index (χ1) is 9.79. The second-order valence-electron chi connectivity index (χ2n) is 7.32. The number of rotatable bonds is 4. The quantitative estimate of drug-likeness (QED) is 0.800. The molecule has 0 heterocycles. The molecule has 0 bridgehead atoms. The van der Waals surface area contributed by atoms with Crippen LogP contribution in [0.2, 0.25) is 0 Å². The molecule has 2 unspecified atom stereocenters. The second kappa shape index (κ2) is 5.00. The Labute approximate surface area is 128 Å². The highest BCUT2D eigenvalue weighted by atomic mass is 16.5. The zero-order valence-electron chi connectivity index (χ0n) is 13.4. The summed E-state index contributed by atoms with van der Waals surface area (Å²) in [5.74, 6) is 0.885. The highest BCUT2D eigenvalue weighted by Crippen LogP contribution is 2.46. The van der Waals surface area contributed by atoms with Crippen LogP contribution in [0.25, 0.3) is 0 Å². The minimum Gasteiger partial charge on any atom is -0.427 e. The minimum atomic E-state index is -0.888. The molecule has 3 heteroatoms. The number of hydrogen-bond donors (Lipinski definition) is 1. The summed E-state index contributed by atoms with van der Waals surface area (Å²) in [4.78, 5) is 0. The van der Waals surface area contributed by atoms with E-state index in [9.17, 15) is 5.11 Å². The lowest BCUT2D eigenvalue weighted by molar-refractivity contribution is -0.0898. The molecule has 1 radical (unpaired) electrons. The Kier molecular flexibility index (Phi) is 3.54. The van der Waals surface area contributed by atoms with Gasteiger partial charge in [0.2, 0.25) is 0 Å². The molecule has 0 aromatic carbocycles. The molecule has 2 atom stereocenters. The van der Waals surface area contributed by atoms with Crippen LogP contribution in [0.1, 0.15) is 40.5 Å². The molecule has 0 aromatic heterocycles. The first kappa shape index (κ1) is 14.9. The van der Waals surface area contributed by atoms with Gasteiger partial charge in [-0.3, -0.25) is 0 Å². The normalized spacial score (nSPS) is 27.8. The Morgan fingerprint density at radius 3 is 2.33 bits per heavy atom. The van der Waals surface area contributed by atoms with Crippen molar-refractivity contribution in [3.8, 4) is 0 Å². The minimum absolute atomic E-state index is 0.381. The molecule has 0 saturated carbocycles. The average molecular weight is 283 g/mol. The van der Waals surface area contributed by atoms with Crippen LogP contribution < -0.4 is 0 Å². The lowest BCUT2D eigenvalue weighted by Gasteiger charge is -2.41. The molecule has 0 saturated heterocycles. The summed E-state index contributed by atoms with van der Waals surface area (Å²) in [6, 6.07) is 0. The molecule has 3 aliphatic carbocycles. The van der Waals surface area contributed by atoms with Gasteiger partial charge in [-0.05, 0) is 46.1 Å². The van der Waals surface area contributed by atoms with E-state index in [2.05, 4.69) is 30.4 Å². The SMILES string of the molecule is CC(C)(O)C(C)(C)O[B]C1=CC2=C(CC2)C2C=CC=CC12. The molecule has 3 aliphatic rings. The van der Waals surface area contributed by atoms with Gasteiger partial charge in [-0.2, -0.15) is 0 Å². The first-order valence-electron chi connectivity index (χ1n) is 7.81. The highest BCUT2D eigenvalue weighted by molar-refractivity contribution is 6.38. The number of hydrogen-bond acceptors (Lipinski definition) is 2. The van der Waals surface area contributed by atoms with Crippen LogP contribution in [0.15, 0.2) is 47.0 Å². The molecule has 2 nitrogen and oxygen atoms in total. The van der Waals surface area contributed by atoms with Crippen molar-refractivity contribution in [3.63, 3.8) is 0 Å². The van der Waals surface area contributed by atoms with Crippen LogP contribution in [-0.2, 0) is 4.65 Å². The van der Waals surface area contributed by atoms with Crippen molar-refractivity contribution < 1.29 is 9.76 Å². The van der Waals surface area contributed by atoms with E-state index in [-0.39, 0.29) is 0 Å². The van der Waals surface area contributed by atoms with Crippen LogP contribution in [0, 0.1) is 11.8 Å². The highest BCUT2D eigenvalue weighted by Gasteiger charge is 2.39. The van der Waals surface area contributed by atoms with Crippen LogP contribution in [0.5, 0.6) is 0 Å². The van der Waals surface area contributed by atoms with Crippen molar-refractivity contribution in [2.45, 2.75) is 51.7 Å². The monoisotopic (exact) mass is 283 g/mol. The number of aliphatic hydroxyl groups is 1. The molecule has 0 spiro atoms. The summed E-state index contributed by atoms with van der Waals surface area (Å²) in [5.41, 5.74) is 2.79. The van der Waals surface area contributed by atoms with E-state index < -0.39 is 11.2 Å². The van der Waals surface area contributed by atoms with Crippen LogP contribution in [0.4, 0.5) is 0 Å². The van der Waals surface area contributed by atoms with Gasteiger partial charge in [0, 0.05) is 11.8 Å². The predicted molar refractivity (Wildman–Crippen MR) is 86.8 cm³/mol. The van der Waals surface area contributed by atoms with Crippen molar-refractivity contribution in [3.05, 3.63) is 47.0 Å². The molecule has 111 valence electrons. The second-order valence-corrected chi connectivity index (χ2v) is 7.32. The smallest absolute Gasteiger partial charge is 0.327 e. The average Bonchev–Trinajstić information content (AvgIpc) is 2.36. The number of fused-ring (bicyclic) bond motifs is 2. The van der Waals surface area contributed by atoms with E-state index in [0.717, 1.165) is 0 Å². The fourth-order valence-electron chi connectivity index (χ4n) is 2.99. The predicted octanol–water partition coefficient (Wildman–Crippen LogP) is 3.52. The van der Waals surface area contributed by atoms with Gasteiger partial charge < -0.3 is 9.76 Å². The Morgan fingerprint density at radius 1 is 1.10 bits per heavy atom. The maximum absolute atomic E-state index is 10.2. The van der Waals surface area contributed by atoms with E-state index in [0.29, 0.717) is 11.8 Å². The molecule has 0 amide bonds. The molecule has 21 heavy (non-hydrogen) atoms. The van der Waals surface area contributed by atoms with Gasteiger partial charge in [-0.1, -0.05) is 41.4 Å². The van der Waals surface area contributed by atoms with E-state index >= 15 is 0 Å². The molecule has 3 rings (SSSR count). The van der Waals surface area contributed by atoms with Gasteiger partial charge in [-0.15, -0.1) is 0 Å². The van der Waals surface area contributed by atoms with E-state index in [1.54, 1.807) is 19.4 Å². The third-order valence-electron chi connectivity index (χ3n) is 5.30. The van der Waals surface area contributed by atoms with Crippen LogP contribution in [-0.4, -0.2) is 23.8 Å². The van der Waals surface area contributed by atoms with Gasteiger partial charge in [0.05, 0.1) is 11.2 Å². The largest absolute Gasteiger partial charge is 0.427 e. The zero-order chi connectivity index (χ0) is 15.3. The van der Waals surface area contributed by atoms with Crippen LogP contribution in [0.3, 0.4) is 0 Å². The van der Waals surface area contributed by atoms with Crippen molar-refractivity contribution >= 4 is 7.48 Å². The Balaban J connectivity index is 1.78. The van der Waals surface area contributed by atoms with Crippen molar-refractivity contribution in [1.29, 1.82) is 0 Å². The summed E-state index contributed by atoms with van der Waals surface area (Å²) >= 11 is 0. The Hall–Kier alpha value is -1.06. The van der Waals surface area contributed by atoms with E-state index in [4.69, 9.17) is 4.65 Å². The molecule has 0 aliphatic heterocycles. The van der Waals surface area contributed by atoms with Gasteiger partial charge in [0.25, 0.3) is 0 Å². The van der Waals surface area contributed by atoms with Crippen molar-refractivity contribution in [2.75, 3.05) is 0 Å². The lowest BCUT2D eigenvalue weighted by atomic mass is 9.60. The molecule has 0 fully saturated rings. The van der Waals surface area contributed by atoms with Crippen LogP contribution >= 0.6 is 0 Å². The first-order valence-corrected chi connectivity index (χ1v) is 7.81. The molecular weight excluding hydrogens is 259 g/mol. The van der Waals surface area contributed by atoms with Gasteiger partial charge in [0.1, 0.15) is 0 Å². The zero-order valence-corrected chi connectivity index (χ0v) is 13.4. The molecular formula is C18H24BO2. The van der Waals surface area contributed by atoms with Gasteiger partial charge >= 0.3 is 7.48 Å². The standard InChI is InChI=1S/C18H24BO2/c1-17(2,20)18(3,4)21-19-16-11-12-9-10-13(12)14-7-5-6-8-15(14)16/h5-8,11,14-15,20H,9-10H2,1-4H3. The Morgan fingerprint density at radius 2 is 1.76 bits per heavy atom. The fraction of sp³-hybridized carbons (Fsp3) is 0.556. The summed E-state index contributed by atoms with van der Waals surface area (Å²) in [6.07, 6.45) is 13.5. The number of allylic oxidation sites excluding steroid dienone is 8. The van der Waals surface area contributed by atoms with Crippen molar-refractivity contribution in [1.82, 2.24) is 0 Å². The van der Waals surface area contributed by atoms with Crippen molar-refractivity contribution in [2.24, 2.45) is 11.8 Å². The van der Waals surface area contributed by atoms with Gasteiger partial charge in [-0.25, -0.2) is 0 Å². The maximum atomic E-state index is 10.2. The molecule has 0 aromatic rings.